The second-order valence-corrected chi connectivity index (χ2v) is 5.77. The Morgan fingerprint density at radius 1 is 1.30 bits per heavy atom. The van der Waals surface area contributed by atoms with Gasteiger partial charge in [-0.15, -0.1) is 0 Å². The van der Waals surface area contributed by atoms with Crippen molar-refractivity contribution in [2.75, 3.05) is 33.9 Å². The summed E-state index contributed by atoms with van der Waals surface area (Å²) in [5, 5.41) is 2.73. The van der Waals surface area contributed by atoms with E-state index in [2.05, 4.69) is 21.2 Å². The molecule has 0 aliphatic carbocycles. The number of hydrogen-bond acceptors (Lipinski definition) is 5. The molecule has 0 saturated heterocycles. The molecule has 0 saturated carbocycles. The van der Waals surface area contributed by atoms with Crippen LogP contribution in [0.3, 0.4) is 0 Å². The van der Waals surface area contributed by atoms with Crippen LogP contribution in [0.25, 0.3) is 0 Å². The van der Waals surface area contributed by atoms with Crippen molar-refractivity contribution in [2.24, 2.45) is 0 Å². The minimum absolute atomic E-state index is 0.113. The van der Waals surface area contributed by atoms with Gasteiger partial charge in [0.25, 0.3) is 5.91 Å². The third-order valence-electron chi connectivity index (χ3n) is 2.68. The Kier molecular flexibility index (Phi) is 7.84. The highest BCUT2D eigenvalue weighted by Gasteiger charge is 2.15. The summed E-state index contributed by atoms with van der Waals surface area (Å²) in [5.41, 5.74) is 0. The van der Waals surface area contributed by atoms with Crippen LogP contribution in [0.15, 0.2) is 22.7 Å². The maximum absolute atomic E-state index is 11.7. The molecule has 23 heavy (non-hydrogen) atoms. The van der Waals surface area contributed by atoms with Crippen LogP contribution in [0, 0.1) is 0 Å². The zero-order valence-electron chi connectivity index (χ0n) is 12.6. The molecule has 0 spiro atoms. The van der Waals surface area contributed by atoms with Crippen molar-refractivity contribution < 1.29 is 23.9 Å². The third kappa shape index (κ3) is 6.87. The fourth-order valence-electron chi connectivity index (χ4n) is 1.41. The average Bonchev–Trinajstić information content (AvgIpc) is 2.51. The van der Waals surface area contributed by atoms with E-state index >= 15 is 0 Å². The maximum atomic E-state index is 11.7. The molecule has 0 bridgehead atoms. The van der Waals surface area contributed by atoms with Gasteiger partial charge in [-0.3, -0.25) is 9.59 Å². The first-order valence-corrected chi connectivity index (χ1v) is 7.68. The molecular weight excluding hydrogens is 392 g/mol. The maximum Gasteiger partial charge on any atom is 0.344 e. The monoisotopic (exact) mass is 406 g/mol. The minimum Gasteiger partial charge on any atom is -0.480 e. The summed E-state index contributed by atoms with van der Waals surface area (Å²) in [5.74, 6) is -1.20. The number of nitrogens with zero attached hydrogens (tertiary/aromatic N) is 1. The molecule has 1 aromatic carbocycles. The lowest BCUT2D eigenvalue weighted by atomic mass is 10.3. The van der Waals surface area contributed by atoms with Crippen molar-refractivity contribution in [2.45, 2.75) is 0 Å². The summed E-state index contributed by atoms with van der Waals surface area (Å²) >= 11 is 9.19. The number of ether oxygens (including phenoxy) is 2. The van der Waals surface area contributed by atoms with Gasteiger partial charge in [-0.25, -0.2) is 4.79 Å². The fraction of sp³-hybridized carbons (Fsp3) is 0.357. The van der Waals surface area contributed by atoms with Crippen molar-refractivity contribution in [3.8, 4) is 5.75 Å². The summed E-state index contributed by atoms with van der Waals surface area (Å²) in [6.45, 7) is -0.963. The summed E-state index contributed by atoms with van der Waals surface area (Å²) in [6.07, 6.45) is 0. The molecule has 0 aliphatic rings. The van der Waals surface area contributed by atoms with Gasteiger partial charge in [-0.2, -0.15) is 0 Å². The van der Waals surface area contributed by atoms with Gasteiger partial charge in [-0.1, -0.05) is 27.5 Å². The number of amides is 2. The molecule has 0 unspecified atom stereocenters. The van der Waals surface area contributed by atoms with E-state index in [-0.39, 0.29) is 19.1 Å². The number of esters is 1. The van der Waals surface area contributed by atoms with Gasteiger partial charge >= 0.3 is 5.97 Å². The fourth-order valence-corrected chi connectivity index (χ4v) is 2.13. The van der Waals surface area contributed by atoms with Gasteiger partial charge in [0.15, 0.2) is 13.2 Å². The quantitative estimate of drug-likeness (QED) is 0.687. The van der Waals surface area contributed by atoms with E-state index in [4.69, 9.17) is 21.1 Å². The van der Waals surface area contributed by atoms with Crippen LogP contribution in [-0.4, -0.2) is 56.5 Å². The summed E-state index contributed by atoms with van der Waals surface area (Å²) in [6, 6.07) is 4.94. The van der Waals surface area contributed by atoms with Crippen LogP contribution < -0.4 is 10.1 Å². The normalized spacial score (nSPS) is 9.91. The molecule has 0 fully saturated rings. The molecule has 0 aliphatic heterocycles. The Bertz CT molecular complexity index is 597. The molecule has 1 aromatic rings. The van der Waals surface area contributed by atoms with Crippen LogP contribution in [0.5, 0.6) is 5.75 Å². The lowest BCUT2D eigenvalue weighted by Crippen LogP contribution is -2.39. The number of benzene rings is 1. The predicted octanol–water partition coefficient (Wildman–Crippen LogP) is 1.23. The predicted molar refractivity (Wildman–Crippen MR) is 87.3 cm³/mol. The van der Waals surface area contributed by atoms with Crippen molar-refractivity contribution >= 4 is 45.3 Å². The van der Waals surface area contributed by atoms with E-state index in [9.17, 15) is 14.4 Å². The van der Waals surface area contributed by atoms with E-state index in [1.807, 2.05) is 0 Å². The zero-order chi connectivity index (χ0) is 17.4. The van der Waals surface area contributed by atoms with Crippen LogP contribution >= 0.6 is 27.5 Å². The Morgan fingerprint density at radius 2 is 2.00 bits per heavy atom. The number of carbonyl (C=O) groups excluding carboxylic acids is 3. The third-order valence-corrected chi connectivity index (χ3v) is 3.47. The Morgan fingerprint density at radius 3 is 2.61 bits per heavy atom. The molecule has 7 nitrogen and oxygen atoms in total. The van der Waals surface area contributed by atoms with Crippen molar-refractivity contribution in [3.05, 3.63) is 27.7 Å². The van der Waals surface area contributed by atoms with Crippen LogP contribution in [-0.2, 0) is 19.1 Å². The second-order valence-electron chi connectivity index (χ2n) is 4.45. The lowest BCUT2D eigenvalue weighted by molar-refractivity contribution is -0.153. The van der Waals surface area contributed by atoms with Crippen molar-refractivity contribution in [1.82, 2.24) is 10.2 Å². The summed E-state index contributed by atoms with van der Waals surface area (Å²) in [7, 11) is 2.90. The van der Waals surface area contributed by atoms with E-state index in [1.54, 1.807) is 18.2 Å². The first kappa shape index (κ1) is 19.2. The standard InChI is InChI=1S/C14H16BrClN2O5/c1-17-12(19)6-18(2)13(20)7-23-14(21)8-22-11-4-3-9(15)5-10(11)16/h3-5H,6-8H2,1-2H3,(H,17,19). The summed E-state index contributed by atoms with van der Waals surface area (Å²) in [4.78, 5) is 35.5. The Balaban J connectivity index is 2.36. The largest absolute Gasteiger partial charge is 0.480 e. The van der Waals surface area contributed by atoms with E-state index in [0.29, 0.717) is 10.8 Å². The molecule has 0 radical (unpaired) electrons. The van der Waals surface area contributed by atoms with Gasteiger partial charge in [0.1, 0.15) is 5.75 Å². The van der Waals surface area contributed by atoms with Gasteiger partial charge in [0.2, 0.25) is 5.91 Å². The van der Waals surface area contributed by atoms with Crippen LogP contribution in [0.2, 0.25) is 5.02 Å². The van der Waals surface area contributed by atoms with Gasteiger partial charge < -0.3 is 19.7 Å². The highest BCUT2D eigenvalue weighted by atomic mass is 79.9. The van der Waals surface area contributed by atoms with Crippen molar-refractivity contribution in [3.63, 3.8) is 0 Å². The summed E-state index contributed by atoms with van der Waals surface area (Å²) < 4.78 is 10.8. The van der Waals surface area contributed by atoms with E-state index in [1.165, 1.54) is 14.1 Å². The van der Waals surface area contributed by atoms with Gasteiger partial charge in [0, 0.05) is 18.6 Å². The number of hydrogen-bond donors (Lipinski definition) is 1. The number of nitrogens with one attached hydrogen (secondary N) is 1. The molecule has 1 N–H and O–H groups in total. The molecule has 2 amide bonds. The lowest BCUT2D eigenvalue weighted by Gasteiger charge is -2.16. The van der Waals surface area contributed by atoms with Gasteiger partial charge in [0.05, 0.1) is 11.6 Å². The minimum atomic E-state index is -0.717. The first-order valence-electron chi connectivity index (χ1n) is 6.51. The highest BCUT2D eigenvalue weighted by Crippen LogP contribution is 2.27. The van der Waals surface area contributed by atoms with E-state index < -0.39 is 18.5 Å². The molecule has 0 heterocycles. The number of halogens is 2. The number of carbonyl (C=O) groups is 3. The Hall–Kier alpha value is -1.80. The molecular formula is C14H16BrClN2O5. The zero-order valence-corrected chi connectivity index (χ0v) is 14.9. The SMILES string of the molecule is CNC(=O)CN(C)C(=O)COC(=O)COc1ccc(Br)cc1Cl. The smallest absolute Gasteiger partial charge is 0.344 e. The molecule has 9 heteroatoms. The number of likely N-dealkylation sites (N-methyl/N-ethyl adjacent to an activating group) is 2. The molecule has 0 aromatic heterocycles. The first-order chi connectivity index (χ1) is 10.8. The highest BCUT2D eigenvalue weighted by molar-refractivity contribution is 9.10. The van der Waals surface area contributed by atoms with Crippen LogP contribution in [0.4, 0.5) is 0 Å². The average molecular weight is 408 g/mol. The second kappa shape index (κ2) is 9.36. The Labute approximate surface area is 147 Å². The van der Waals surface area contributed by atoms with Gasteiger partial charge in [-0.05, 0) is 18.2 Å². The number of rotatable bonds is 7. The van der Waals surface area contributed by atoms with Crippen molar-refractivity contribution in [1.29, 1.82) is 0 Å². The van der Waals surface area contributed by atoms with Crippen LogP contribution in [0.1, 0.15) is 0 Å². The topological polar surface area (TPSA) is 84.9 Å². The van der Waals surface area contributed by atoms with E-state index in [0.717, 1.165) is 9.37 Å². The molecule has 1 rings (SSSR count). The molecule has 0 atom stereocenters. The molecule has 126 valence electrons.